The number of aryl methyl sites for hydroxylation is 10. The van der Waals surface area contributed by atoms with Crippen LogP contribution in [0.4, 0.5) is 24.5 Å². The molecule has 0 amide bonds. The maximum atomic E-state index is 14.7. The van der Waals surface area contributed by atoms with Crippen molar-refractivity contribution < 1.29 is 22.5 Å². The number of rotatable bonds is 9. The zero-order valence-corrected chi connectivity index (χ0v) is 36.5. The largest absolute Gasteiger partial charge is 0.599 e. The maximum absolute atomic E-state index is 14.7. The van der Waals surface area contributed by atoms with Crippen LogP contribution in [-0.4, -0.2) is 30.3 Å². The lowest BCUT2D eigenvalue weighted by Gasteiger charge is -2.38. The van der Waals surface area contributed by atoms with Crippen molar-refractivity contribution in [1.82, 2.24) is 4.98 Å². The van der Waals surface area contributed by atoms with Crippen molar-refractivity contribution in [2.75, 3.05) is 9.62 Å². The fourth-order valence-electron chi connectivity index (χ4n) is 8.72. The number of hydrogen-bond donors (Lipinski definition) is 0. The highest BCUT2D eigenvalue weighted by atomic mass is 19.4. The van der Waals surface area contributed by atoms with Gasteiger partial charge in [0.25, 0.3) is 0 Å². The molecule has 0 N–H and O–H groups in total. The Bertz CT molecular complexity index is 2240. The molecule has 5 aromatic rings. The number of pyridine rings is 1. The van der Waals surface area contributed by atoms with E-state index in [1.807, 2.05) is 76.8 Å². The Morgan fingerprint density at radius 1 is 0.621 bits per heavy atom. The van der Waals surface area contributed by atoms with E-state index in [4.69, 9.17) is 14.3 Å². The minimum Gasteiger partial charge on any atom is -0.384 e. The van der Waals surface area contributed by atoms with Gasteiger partial charge >= 0.3 is 20.3 Å². The highest BCUT2D eigenvalue weighted by Crippen LogP contribution is 2.44. The van der Waals surface area contributed by atoms with Crippen LogP contribution in [0, 0.1) is 69.2 Å². The van der Waals surface area contributed by atoms with Crippen LogP contribution in [0.3, 0.4) is 0 Å². The van der Waals surface area contributed by atoms with Gasteiger partial charge in [0.2, 0.25) is 0 Å². The van der Waals surface area contributed by atoms with Crippen LogP contribution < -0.4 is 20.5 Å². The zero-order valence-electron chi connectivity index (χ0n) is 36.5. The predicted molar refractivity (Wildman–Crippen MR) is 236 cm³/mol. The van der Waals surface area contributed by atoms with Crippen LogP contribution in [0.25, 0.3) is 5.70 Å². The second-order valence-corrected chi connectivity index (χ2v) is 17.3. The number of halogens is 3. The smallest absolute Gasteiger partial charge is 0.384 e. The summed E-state index contributed by atoms with van der Waals surface area (Å²) in [5.41, 5.74) is 12.7. The summed E-state index contributed by atoms with van der Waals surface area (Å²) < 4.78 is 57.8. The standard InChI is InChI=1S/C48H56B2F3N3O2/c1-29-23-35(7)42(36(8)24-29)49(43-37(9)25-30(2)26-38(43)10)55(44-31(3)17-15-18-32(44)4)28-41(40-27-39(21-22-54-40)48(51,52)53)56(45-33(5)19-16-20-34(45)6)50-57-46(11,12)47(13,14)58-50/h15-28H,1-14H3/b41-28+. The average molecular weight is 786 g/mol. The molecule has 0 atom stereocenters. The predicted octanol–water partition coefficient (Wildman–Crippen LogP) is 10.9. The normalized spacial score (nSPS) is 15.2. The number of benzene rings is 4. The van der Waals surface area contributed by atoms with Crippen LogP contribution in [0.2, 0.25) is 0 Å². The Balaban J connectivity index is 1.84. The van der Waals surface area contributed by atoms with Gasteiger partial charge in [0, 0.05) is 23.8 Å². The van der Waals surface area contributed by atoms with Gasteiger partial charge in [0.15, 0.2) is 0 Å². The molecule has 1 fully saturated rings. The molecule has 0 radical (unpaired) electrons. The molecule has 0 unspecified atom stereocenters. The third-order valence-corrected chi connectivity index (χ3v) is 12.0. The number of alkyl halides is 3. The summed E-state index contributed by atoms with van der Waals surface area (Å²) in [5, 5.41) is 0. The van der Waals surface area contributed by atoms with E-state index in [-0.39, 0.29) is 5.69 Å². The second-order valence-electron chi connectivity index (χ2n) is 17.3. The molecule has 2 heterocycles. The van der Waals surface area contributed by atoms with Crippen LogP contribution in [0.15, 0.2) is 85.2 Å². The third-order valence-electron chi connectivity index (χ3n) is 12.0. The van der Waals surface area contributed by atoms with Crippen LogP contribution >= 0.6 is 0 Å². The van der Waals surface area contributed by atoms with Crippen molar-refractivity contribution in [2.24, 2.45) is 0 Å². The highest BCUT2D eigenvalue weighted by Gasteiger charge is 2.56. The van der Waals surface area contributed by atoms with Gasteiger partial charge in [-0.05, 0) is 142 Å². The summed E-state index contributed by atoms with van der Waals surface area (Å²) in [6, 6.07) is 23.2. The van der Waals surface area contributed by atoms with Gasteiger partial charge < -0.3 is 18.9 Å². The van der Waals surface area contributed by atoms with Gasteiger partial charge in [-0.1, -0.05) is 94.0 Å². The Kier molecular flexibility index (Phi) is 11.6. The summed E-state index contributed by atoms with van der Waals surface area (Å²) in [6.07, 6.45) is -1.38. The Morgan fingerprint density at radius 2 is 1.03 bits per heavy atom. The molecule has 1 saturated heterocycles. The molecule has 10 heteroatoms. The molecule has 4 aromatic carbocycles. The Hall–Kier alpha value is -4.79. The van der Waals surface area contributed by atoms with E-state index in [9.17, 15) is 13.2 Å². The molecular weight excluding hydrogens is 729 g/mol. The highest BCUT2D eigenvalue weighted by molar-refractivity contribution is 6.89. The lowest BCUT2D eigenvalue weighted by molar-refractivity contribution is -0.137. The van der Waals surface area contributed by atoms with Gasteiger partial charge in [-0.25, -0.2) is 0 Å². The van der Waals surface area contributed by atoms with E-state index in [1.165, 1.54) is 6.20 Å². The number of hydrogen-bond acceptors (Lipinski definition) is 5. The van der Waals surface area contributed by atoms with E-state index >= 15 is 0 Å². The lowest BCUT2D eigenvalue weighted by Crippen LogP contribution is -2.59. The van der Waals surface area contributed by atoms with Crippen LogP contribution in [0.1, 0.15) is 94.6 Å². The van der Waals surface area contributed by atoms with E-state index in [0.29, 0.717) is 5.70 Å². The summed E-state index contributed by atoms with van der Waals surface area (Å²) >= 11 is 0. The van der Waals surface area contributed by atoms with Gasteiger partial charge in [-0.2, -0.15) is 13.2 Å². The van der Waals surface area contributed by atoms with Crippen molar-refractivity contribution in [3.05, 3.63) is 152 Å². The van der Waals surface area contributed by atoms with E-state index in [2.05, 4.69) is 96.6 Å². The minimum absolute atomic E-state index is 0.122. The summed E-state index contributed by atoms with van der Waals surface area (Å²) in [4.78, 5) is 8.93. The first-order valence-corrected chi connectivity index (χ1v) is 20.0. The van der Waals surface area contributed by atoms with E-state index < -0.39 is 37.0 Å². The van der Waals surface area contributed by atoms with Gasteiger partial charge in [0.1, 0.15) is 0 Å². The molecule has 5 nitrogen and oxygen atoms in total. The molecule has 58 heavy (non-hydrogen) atoms. The van der Waals surface area contributed by atoms with Crippen molar-refractivity contribution in [2.45, 2.75) is 114 Å². The van der Waals surface area contributed by atoms with Crippen LogP contribution in [-0.2, 0) is 15.5 Å². The molecule has 0 bridgehead atoms. The second kappa shape index (κ2) is 15.8. The molecule has 0 saturated carbocycles. The topological polar surface area (TPSA) is 37.8 Å². The van der Waals surface area contributed by atoms with Gasteiger partial charge in [-0.3, -0.25) is 4.98 Å². The first kappa shape index (κ1) is 42.8. The summed E-state index contributed by atoms with van der Waals surface area (Å²) in [6.45, 7) is 28.5. The maximum Gasteiger partial charge on any atom is 0.599 e. The summed E-state index contributed by atoms with van der Waals surface area (Å²) in [5.74, 6) is 0. The molecule has 1 aliphatic rings. The molecule has 0 spiro atoms. The number of para-hydroxylation sites is 2. The fourth-order valence-corrected chi connectivity index (χ4v) is 8.72. The lowest BCUT2D eigenvalue weighted by atomic mass is 9.45. The van der Waals surface area contributed by atoms with Gasteiger partial charge in [0.05, 0.1) is 28.2 Å². The number of aromatic nitrogens is 1. The average Bonchev–Trinajstić information content (AvgIpc) is 3.31. The molecule has 1 aromatic heterocycles. The van der Waals surface area contributed by atoms with Crippen molar-refractivity contribution in [3.63, 3.8) is 0 Å². The zero-order chi connectivity index (χ0) is 42.6. The molecule has 302 valence electrons. The van der Waals surface area contributed by atoms with Crippen LogP contribution in [0.5, 0.6) is 0 Å². The molecular formula is C48H56B2F3N3O2. The first-order valence-electron chi connectivity index (χ1n) is 20.0. The van der Waals surface area contributed by atoms with Crippen molar-refractivity contribution >= 4 is 42.1 Å². The number of nitrogens with zero attached hydrogens (tertiary/aromatic N) is 3. The monoisotopic (exact) mass is 785 g/mol. The molecule has 0 aliphatic carbocycles. The third kappa shape index (κ3) is 8.10. The Labute approximate surface area is 344 Å². The van der Waals surface area contributed by atoms with Gasteiger partial charge in [-0.15, -0.1) is 0 Å². The van der Waals surface area contributed by atoms with Crippen molar-refractivity contribution in [3.8, 4) is 0 Å². The Morgan fingerprint density at radius 3 is 1.45 bits per heavy atom. The fraction of sp³-hybridized carbons (Fsp3) is 0.354. The summed E-state index contributed by atoms with van der Waals surface area (Å²) in [7, 11) is -1.03. The number of anilines is 2. The molecule has 1 aliphatic heterocycles. The van der Waals surface area contributed by atoms with Crippen molar-refractivity contribution in [1.29, 1.82) is 0 Å². The minimum atomic E-state index is -4.61. The van der Waals surface area contributed by atoms with E-state index in [0.717, 1.165) is 90.1 Å². The molecule has 6 rings (SSSR count). The van der Waals surface area contributed by atoms with E-state index in [1.54, 1.807) is 0 Å². The quantitative estimate of drug-likeness (QED) is 0.139. The first-order chi connectivity index (χ1) is 27.0. The SMILES string of the molecule is Cc1cc(C)c(B(c2c(C)cc(C)cc2C)N(/C=C(\c2cc(C(F)(F)F)ccn2)N(B2OC(C)(C)C(C)(C)O2)c2c(C)cccc2C)c2c(C)cccc2C)c(C)c1.